The number of fused-ring (bicyclic) bond motifs is 1. The fourth-order valence-electron chi connectivity index (χ4n) is 4.48. The fourth-order valence-corrected chi connectivity index (χ4v) is 4.48. The lowest BCUT2D eigenvalue weighted by Crippen LogP contribution is -2.35. The lowest BCUT2D eigenvalue weighted by atomic mass is 9.80. The van der Waals surface area contributed by atoms with Gasteiger partial charge in [-0.2, -0.15) is 5.10 Å². The van der Waals surface area contributed by atoms with Crippen LogP contribution in [0.2, 0.25) is 0 Å². The van der Waals surface area contributed by atoms with Crippen molar-refractivity contribution >= 4 is 5.82 Å². The van der Waals surface area contributed by atoms with Gasteiger partial charge >= 0.3 is 0 Å². The molecule has 1 saturated carbocycles. The molecule has 23 heavy (non-hydrogen) atoms. The second kappa shape index (κ2) is 5.62. The zero-order chi connectivity index (χ0) is 16.0. The maximum atomic E-state index is 4.53. The SMILES string of the molecule is Cc1cc(C)n(-c2ccc(N3CC(C)C4CCCCC43)nn2)n1. The first-order chi connectivity index (χ1) is 11.1. The van der Waals surface area contributed by atoms with Gasteiger partial charge < -0.3 is 4.90 Å². The van der Waals surface area contributed by atoms with E-state index in [1.165, 1.54) is 25.7 Å². The van der Waals surface area contributed by atoms with Gasteiger partial charge in [0.2, 0.25) is 0 Å². The molecule has 2 aromatic heterocycles. The highest BCUT2D eigenvalue weighted by Crippen LogP contribution is 2.41. The molecule has 0 radical (unpaired) electrons. The number of aryl methyl sites for hydroxylation is 2. The Balaban J connectivity index is 1.60. The highest BCUT2D eigenvalue weighted by atomic mass is 15.4. The summed E-state index contributed by atoms with van der Waals surface area (Å²) in [5.41, 5.74) is 2.10. The minimum absolute atomic E-state index is 0.660. The number of rotatable bonds is 2. The molecule has 5 heteroatoms. The van der Waals surface area contributed by atoms with Gasteiger partial charge in [-0.25, -0.2) is 4.68 Å². The van der Waals surface area contributed by atoms with E-state index in [2.05, 4.69) is 39.3 Å². The third-order valence-corrected chi connectivity index (χ3v) is 5.55. The molecule has 2 fully saturated rings. The Bertz CT molecular complexity index is 690. The van der Waals surface area contributed by atoms with Crippen LogP contribution in [0.4, 0.5) is 5.82 Å². The largest absolute Gasteiger partial charge is 0.352 e. The average molecular weight is 311 g/mol. The third kappa shape index (κ3) is 2.52. The summed E-state index contributed by atoms with van der Waals surface area (Å²) in [6.45, 7) is 7.55. The maximum Gasteiger partial charge on any atom is 0.176 e. The molecule has 1 saturated heterocycles. The van der Waals surface area contributed by atoms with E-state index in [1.807, 2.05) is 24.6 Å². The summed E-state index contributed by atoms with van der Waals surface area (Å²) in [6, 6.07) is 6.88. The zero-order valence-corrected chi connectivity index (χ0v) is 14.2. The van der Waals surface area contributed by atoms with Crippen molar-refractivity contribution in [1.82, 2.24) is 20.0 Å². The average Bonchev–Trinajstić information content (AvgIpc) is 3.08. The number of aromatic nitrogens is 4. The Morgan fingerprint density at radius 2 is 1.78 bits per heavy atom. The number of hydrogen-bond donors (Lipinski definition) is 0. The standard InChI is InChI=1S/C18H25N5/c1-12-11-22(16-7-5-4-6-15(12)16)17-8-9-18(20-19-17)23-14(3)10-13(2)21-23/h8-10,12,15-16H,4-7,11H2,1-3H3. The van der Waals surface area contributed by atoms with Crippen LogP contribution in [0.25, 0.3) is 5.82 Å². The predicted octanol–water partition coefficient (Wildman–Crippen LogP) is 3.29. The van der Waals surface area contributed by atoms with E-state index >= 15 is 0 Å². The molecule has 2 aliphatic rings. The molecule has 0 amide bonds. The van der Waals surface area contributed by atoms with Crippen LogP contribution < -0.4 is 4.90 Å². The fraction of sp³-hybridized carbons (Fsp3) is 0.611. The Morgan fingerprint density at radius 3 is 2.48 bits per heavy atom. The number of hydrogen-bond acceptors (Lipinski definition) is 4. The van der Waals surface area contributed by atoms with Crippen molar-refractivity contribution in [2.75, 3.05) is 11.4 Å². The van der Waals surface area contributed by atoms with Crippen LogP contribution in [0.3, 0.4) is 0 Å². The molecule has 1 aliphatic heterocycles. The van der Waals surface area contributed by atoms with Gasteiger partial charge in [-0.15, -0.1) is 10.2 Å². The molecule has 1 aliphatic carbocycles. The summed E-state index contributed by atoms with van der Waals surface area (Å²) in [4.78, 5) is 2.49. The first-order valence-corrected chi connectivity index (χ1v) is 8.77. The van der Waals surface area contributed by atoms with Crippen LogP contribution in [0, 0.1) is 25.7 Å². The highest BCUT2D eigenvalue weighted by Gasteiger charge is 2.41. The minimum Gasteiger partial charge on any atom is -0.352 e. The second-order valence-corrected chi connectivity index (χ2v) is 7.23. The summed E-state index contributed by atoms with van der Waals surface area (Å²) >= 11 is 0. The topological polar surface area (TPSA) is 46.8 Å². The van der Waals surface area contributed by atoms with E-state index in [4.69, 9.17) is 0 Å². The van der Waals surface area contributed by atoms with Crippen molar-refractivity contribution in [2.45, 2.75) is 52.5 Å². The molecule has 4 rings (SSSR count). The van der Waals surface area contributed by atoms with Crippen molar-refractivity contribution in [2.24, 2.45) is 11.8 Å². The summed E-state index contributed by atoms with van der Waals surface area (Å²) < 4.78 is 1.86. The van der Waals surface area contributed by atoms with Crippen LogP contribution >= 0.6 is 0 Å². The molecular formula is C18H25N5. The highest BCUT2D eigenvalue weighted by molar-refractivity contribution is 5.43. The van der Waals surface area contributed by atoms with E-state index in [0.717, 1.165) is 41.4 Å². The zero-order valence-electron chi connectivity index (χ0n) is 14.2. The van der Waals surface area contributed by atoms with Gasteiger partial charge in [0.05, 0.1) is 5.69 Å². The molecule has 3 heterocycles. The molecular weight excluding hydrogens is 286 g/mol. The van der Waals surface area contributed by atoms with Crippen molar-refractivity contribution < 1.29 is 0 Å². The van der Waals surface area contributed by atoms with Gasteiger partial charge in [0, 0.05) is 18.3 Å². The molecule has 0 spiro atoms. The lowest BCUT2D eigenvalue weighted by molar-refractivity contribution is 0.293. The molecule has 2 aromatic rings. The predicted molar refractivity (Wildman–Crippen MR) is 90.9 cm³/mol. The molecule has 0 N–H and O–H groups in total. The first kappa shape index (κ1) is 14.7. The smallest absolute Gasteiger partial charge is 0.176 e. The van der Waals surface area contributed by atoms with E-state index in [1.54, 1.807) is 0 Å². The monoisotopic (exact) mass is 311 g/mol. The summed E-state index contributed by atoms with van der Waals surface area (Å²) in [5.74, 6) is 3.42. The molecule has 122 valence electrons. The third-order valence-electron chi connectivity index (χ3n) is 5.55. The minimum atomic E-state index is 0.660. The van der Waals surface area contributed by atoms with Crippen LogP contribution in [0.1, 0.15) is 44.0 Å². The molecule has 3 unspecified atom stereocenters. The van der Waals surface area contributed by atoms with Gasteiger partial charge in [-0.05, 0) is 56.7 Å². The summed E-state index contributed by atoms with van der Waals surface area (Å²) in [5, 5.41) is 13.5. The van der Waals surface area contributed by atoms with E-state index in [-0.39, 0.29) is 0 Å². The van der Waals surface area contributed by atoms with E-state index < -0.39 is 0 Å². The molecule has 3 atom stereocenters. The molecule has 0 bridgehead atoms. The van der Waals surface area contributed by atoms with Crippen LogP contribution in [-0.4, -0.2) is 32.6 Å². The normalized spacial score (nSPS) is 27.3. The van der Waals surface area contributed by atoms with Crippen molar-refractivity contribution in [1.29, 1.82) is 0 Å². The first-order valence-electron chi connectivity index (χ1n) is 8.77. The maximum absolute atomic E-state index is 4.53. The lowest BCUT2D eigenvalue weighted by Gasteiger charge is -2.32. The van der Waals surface area contributed by atoms with Crippen molar-refractivity contribution in [3.63, 3.8) is 0 Å². The van der Waals surface area contributed by atoms with Crippen molar-refractivity contribution in [3.05, 3.63) is 29.6 Å². The number of nitrogens with zero attached hydrogens (tertiary/aromatic N) is 5. The summed E-state index contributed by atoms with van der Waals surface area (Å²) in [6.07, 6.45) is 5.42. The molecule has 0 aromatic carbocycles. The van der Waals surface area contributed by atoms with E-state index in [9.17, 15) is 0 Å². The van der Waals surface area contributed by atoms with E-state index in [0.29, 0.717) is 6.04 Å². The van der Waals surface area contributed by atoms with Gasteiger partial charge in [0.1, 0.15) is 0 Å². The second-order valence-electron chi connectivity index (χ2n) is 7.23. The Labute approximate surface area is 137 Å². The molecule has 5 nitrogen and oxygen atoms in total. The van der Waals surface area contributed by atoms with Gasteiger partial charge in [0.25, 0.3) is 0 Å². The Kier molecular flexibility index (Phi) is 3.58. The Morgan fingerprint density at radius 1 is 1.04 bits per heavy atom. The van der Waals surface area contributed by atoms with Crippen molar-refractivity contribution in [3.8, 4) is 5.82 Å². The van der Waals surface area contributed by atoms with Gasteiger partial charge in [-0.3, -0.25) is 0 Å². The van der Waals surface area contributed by atoms with Crippen LogP contribution in [0.15, 0.2) is 18.2 Å². The Hall–Kier alpha value is -1.91. The number of anilines is 1. The quantitative estimate of drug-likeness (QED) is 0.854. The van der Waals surface area contributed by atoms with Gasteiger partial charge in [-0.1, -0.05) is 19.8 Å². The summed E-state index contributed by atoms with van der Waals surface area (Å²) in [7, 11) is 0. The van der Waals surface area contributed by atoms with Gasteiger partial charge in [0.15, 0.2) is 11.6 Å². The van der Waals surface area contributed by atoms with Crippen LogP contribution in [0.5, 0.6) is 0 Å². The van der Waals surface area contributed by atoms with Crippen LogP contribution in [-0.2, 0) is 0 Å².